The first-order chi connectivity index (χ1) is 6.47. The fourth-order valence-electron chi connectivity index (χ4n) is 1.03. The number of sulfonamides is 1. The molecule has 0 amide bonds. The predicted octanol–water partition coefficient (Wildman–Crippen LogP) is -1.10. The van der Waals surface area contributed by atoms with E-state index in [1.165, 1.54) is 0 Å². The van der Waals surface area contributed by atoms with Crippen molar-refractivity contribution in [2.45, 2.75) is 30.6 Å². The number of hydrogen-bond donors (Lipinski definition) is 3. The Bertz CT molecular complexity index is 308. The average molecular weight is 223 g/mol. The summed E-state index contributed by atoms with van der Waals surface area (Å²) < 4.78 is 24.7. The summed E-state index contributed by atoms with van der Waals surface area (Å²) in [6.07, 6.45) is 1.06. The molecule has 1 aliphatic rings. The third kappa shape index (κ3) is 2.93. The monoisotopic (exact) mass is 223 g/mol. The van der Waals surface area contributed by atoms with E-state index in [1.54, 1.807) is 0 Å². The van der Waals surface area contributed by atoms with Gasteiger partial charge in [-0.2, -0.15) is 0 Å². The largest absolute Gasteiger partial charge is 0.480 e. The van der Waals surface area contributed by atoms with E-state index < -0.39 is 27.3 Å². The topological polar surface area (TPSA) is 104 Å². The van der Waals surface area contributed by atoms with Crippen molar-refractivity contribution in [2.24, 2.45) is 0 Å². The summed E-state index contributed by atoms with van der Waals surface area (Å²) in [4.78, 5) is 10.6. The maximum absolute atomic E-state index is 11.3. The maximum Gasteiger partial charge on any atom is 0.321 e. The van der Waals surface area contributed by atoms with Crippen molar-refractivity contribution in [3.8, 4) is 0 Å². The van der Waals surface area contributed by atoms with Crippen molar-refractivity contribution in [3.05, 3.63) is 0 Å². The molecule has 1 fully saturated rings. The van der Waals surface area contributed by atoms with Crippen LogP contribution in [0.2, 0.25) is 0 Å². The summed E-state index contributed by atoms with van der Waals surface area (Å²) >= 11 is 0. The maximum atomic E-state index is 11.3. The van der Waals surface area contributed by atoms with Gasteiger partial charge in [0.1, 0.15) is 6.04 Å². The Hall–Kier alpha value is -0.660. The Kier molecular flexibility index (Phi) is 3.46. The van der Waals surface area contributed by atoms with Crippen molar-refractivity contribution >= 4 is 16.0 Å². The highest BCUT2D eigenvalue weighted by Gasteiger charge is 2.38. The van der Waals surface area contributed by atoms with Crippen LogP contribution >= 0.6 is 0 Å². The van der Waals surface area contributed by atoms with E-state index in [0.717, 1.165) is 0 Å². The zero-order valence-electron chi connectivity index (χ0n) is 7.51. The highest BCUT2D eigenvalue weighted by atomic mass is 32.2. The lowest BCUT2D eigenvalue weighted by Crippen LogP contribution is -2.42. The van der Waals surface area contributed by atoms with Gasteiger partial charge in [0.2, 0.25) is 10.0 Å². The first kappa shape index (κ1) is 11.4. The molecule has 0 aromatic rings. The number of aliphatic carboxylic acids is 1. The first-order valence-corrected chi connectivity index (χ1v) is 5.87. The molecule has 1 atom stereocenters. The smallest absolute Gasteiger partial charge is 0.321 e. The number of carboxylic acids is 1. The number of carbonyl (C=O) groups is 1. The van der Waals surface area contributed by atoms with Gasteiger partial charge in [-0.3, -0.25) is 4.79 Å². The summed E-state index contributed by atoms with van der Waals surface area (Å²) in [5, 5.41) is 16.7. The number of aliphatic hydroxyl groups is 1. The highest BCUT2D eigenvalue weighted by molar-refractivity contribution is 7.90. The van der Waals surface area contributed by atoms with Gasteiger partial charge in [0.05, 0.1) is 5.25 Å². The zero-order chi connectivity index (χ0) is 10.8. The van der Waals surface area contributed by atoms with Gasteiger partial charge in [0.15, 0.2) is 0 Å². The number of hydrogen-bond acceptors (Lipinski definition) is 4. The minimum absolute atomic E-state index is 0.110. The molecule has 1 saturated carbocycles. The normalized spacial score (nSPS) is 19.2. The molecule has 0 heterocycles. The van der Waals surface area contributed by atoms with Crippen LogP contribution in [-0.4, -0.2) is 42.5 Å². The van der Waals surface area contributed by atoms with Crippen molar-refractivity contribution < 1.29 is 23.4 Å². The minimum atomic E-state index is -3.50. The molecule has 14 heavy (non-hydrogen) atoms. The molecule has 1 aliphatic carbocycles. The van der Waals surface area contributed by atoms with E-state index in [-0.39, 0.29) is 13.0 Å². The quantitative estimate of drug-likeness (QED) is 0.530. The van der Waals surface area contributed by atoms with Crippen LogP contribution in [0.5, 0.6) is 0 Å². The summed E-state index contributed by atoms with van der Waals surface area (Å²) in [6, 6.07) is -1.22. The second-order valence-corrected chi connectivity index (χ2v) is 5.26. The third-order valence-corrected chi connectivity index (χ3v) is 3.95. The van der Waals surface area contributed by atoms with Gasteiger partial charge in [-0.1, -0.05) is 0 Å². The molecule has 6 nitrogen and oxygen atoms in total. The van der Waals surface area contributed by atoms with Crippen molar-refractivity contribution in [1.29, 1.82) is 0 Å². The molecule has 0 saturated heterocycles. The summed E-state index contributed by atoms with van der Waals surface area (Å²) in [7, 11) is -3.50. The number of aliphatic hydroxyl groups excluding tert-OH is 1. The fraction of sp³-hybridized carbons (Fsp3) is 0.857. The Morgan fingerprint density at radius 1 is 1.50 bits per heavy atom. The molecule has 0 unspecified atom stereocenters. The highest BCUT2D eigenvalue weighted by Crippen LogP contribution is 2.27. The fourth-order valence-corrected chi connectivity index (χ4v) is 2.60. The third-order valence-electron chi connectivity index (χ3n) is 1.99. The van der Waals surface area contributed by atoms with Gasteiger partial charge in [-0.15, -0.1) is 0 Å². The van der Waals surface area contributed by atoms with Gasteiger partial charge in [0, 0.05) is 6.61 Å². The van der Waals surface area contributed by atoms with Gasteiger partial charge in [0.25, 0.3) is 0 Å². The van der Waals surface area contributed by atoms with E-state index >= 15 is 0 Å². The molecule has 0 radical (unpaired) electrons. The summed E-state index contributed by atoms with van der Waals surface area (Å²) in [6.45, 7) is -0.357. The average Bonchev–Trinajstić information content (AvgIpc) is 2.84. The first-order valence-electron chi connectivity index (χ1n) is 4.32. The molecule has 1 rings (SSSR count). The molecule has 0 bridgehead atoms. The second kappa shape index (κ2) is 4.24. The van der Waals surface area contributed by atoms with Crippen molar-refractivity contribution in [2.75, 3.05) is 6.61 Å². The zero-order valence-corrected chi connectivity index (χ0v) is 8.33. The van der Waals surface area contributed by atoms with E-state index in [0.29, 0.717) is 12.8 Å². The van der Waals surface area contributed by atoms with E-state index in [1.807, 2.05) is 0 Å². The van der Waals surface area contributed by atoms with Gasteiger partial charge < -0.3 is 10.2 Å². The molecule has 7 heteroatoms. The van der Waals surface area contributed by atoms with Crippen LogP contribution in [0.25, 0.3) is 0 Å². The van der Waals surface area contributed by atoms with Crippen LogP contribution in [0.15, 0.2) is 0 Å². The van der Waals surface area contributed by atoms with Gasteiger partial charge in [-0.25, -0.2) is 13.1 Å². The standard InChI is InChI=1S/C7H13NO5S/c9-4-3-6(7(10)11)8-14(12,13)5-1-2-5/h5-6,8-9H,1-4H2,(H,10,11)/t6-/m0/s1. The van der Waals surface area contributed by atoms with Gasteiger partial charge >= 0.3 is 5.97 Å². The molecule has 3 N–H and O–H groups in total. The van der Waals surface area contributed by atoms with E-state index in [2.05, 4.69) is 4.72 Å². The van der Waals surface area contributed by atoms with Gasteiger partial charge in [-0.05, 0) is 19.3 Å². The summed E-state index contributed by atoms with van der Waals surface area (Å²) in [5.41, 5.74) is 0. The Morgan fingerprint density at radius 2 is 2.07 bits per heavy atom. The van der Waals surface area contributed by atoms with Crippen LogP contribution in [0, 0.1) is 0 Å². The Morgan fingerprint density at radius 3 is 2.43 bits per heavy atom. The molecule has 82 valence electrons. The molecule has 0 aromatic carbocycles. The molecule has 0 spiro atoms. The van der Waals surface area contributed by atoms with Crippen LogP contribution in [0.3, 0.4) is 0 Å². The molecular formula is C7H13NO5S. The molecule has 0 aromatic heterocycles. The lowest BCUT2D eigenvalue weighted by atomic mass is 10.2. The van der Waals surface area contributed by atoms with E-state index in [9.17, 15) is 13.2 Å². The molecular weight excluding hydrogens is 210 g/mol. The van der Waals surface area contributed by atoms with Crippen molar-refractivity contribution in [3.63, 3.8) is 0 Å². The lowest BCUT2D eigenvalue weighted by Gasteiger charge is -2.12. The lowest BCUT2D eigenvalue weighted by molar-refractivity contribution is -0.139. The predicted molar refractivity (Wildman–Crippen MR) is 48.2 cm³/mol. The minimum Gasteiger partial charge on any atom is -0.480 e. The second-order valence-electron chi connectivity index (χ2n) is 3.27. The van der Waals surface area contributed by atoms with E-state index in [4.69, 9.17) is 10.2 Å². The number of nitrogens with one attached hydrogen (secondary N) is 1. The SMILES string of the molecule is O=C(O)[C@H](CCO)NS(=O)(=O)C1CC1. The Balaban J connectivity index is 2.58. The van der Waals surface area contributed by atoms with Crippen LogP contribution in [-0.2, 0) is 14.8 Å². The molecule has 0 aliphatic heterocycles. The number of rotatable bonds is 6. The summed E-state index contributed by atoms with van der Waals surface area (Å²) in [5.74, 6) is -1.26. The van der Waals surface area contributed by atoms with Crippen LogP contribution in [0.1, 0.15) is 19.3 Å². The number of carboxylic acid groups (broad SMARTS) is 1. The Labute approximate surface area is 82.0 Å². The van der Waals surface area contributed by atoms with Crippen molar-refractivity contribution in [1.82, 2.24) is 4.72 Å². The van der Waals surface area contributed by atoms with Crippen LogP contribution < -0.4 is 4.72 Å². The van der Waals surface area contributed by atoms with Crippen LogP contribution in [0.4, 0.5) is 0 Å².